The lowest BCUT2D eigenvalue weighted by molar-refractivity contribution is 0.0943. The van der Waals surface area contributed by atoms with Crippen molar-refractivity contribution in [3.8, 4) is 11.4 Å². The zero-order valence-electron chi connectivity index (χ0n) is 10.1. The van der Waals surface area contributed by atoms with Crippen molar-refractivity contribution in [3.05, 3.63) is 51.9 Å². The fourth-order valence-corrected chi connectivity index (χ4v) is 1.55. The van der Waals surface area contributed by atoms with Crippen LogP contribution in [0.3, 0.4) is 0 Å². The predicted octanol–water partition coefficient (Wildman–Crippen LogP) is -0.150. The molecule has 0 aliphatic carbocycles. The Morgan fingerprint density at radius 2 is 2.00 bits per heavy atom. The third kappa shape index (κ3) is 2.45. The van der Waals surface area contributed by atoms with Crippen molar-refractivity contribution in [2.24, 2.45) is 5.84 Å². The van der Waals surface area contributed by atoms with Gasteiger partial charge in [0.1, 0.15) is 0 Å². The van der Waals surface area contributed by atoms with E-state index in [9.17, 15) is 14.7 Å². The molecule has 0 saturated carbocycles. The lowest BCUT2D eigenvalue weighted by Gasteiger charge is -2.08. The molecule has 0 saturated heterocycles. The SMILES string of the molecule is Cc1ccc(-n2nc(C(=O)NN)c(O)cc2=O)cc1. The molecule has 1 aromatic heterocycles. The second-order valence-electron chi connectivity index (χ2n) is 3.94. The Morgan fingerprint density at radius 1 is 1.37 bits per heavy atom. The van der Waals surface area contributed by atoms with Gasteiger partial charge in [0.2, 0.25) is 0 Å². The average Bonchev–Trinajstić information content (AvgIpc) is 2.39. The van der Waals surface area contributed by atoms with Crippen LogP contribution >= 0.6 is 0 Å². The van der Waals surface area contributed by atoms with Gasteiger partial charge < -0.3 is 5.11 Å². The van der Waals surface area contributed by atoms with Crippen LogP contribution in [0.25, 0.3) is 5.69 Å². The van der Waals surface area contributed by atoms with Gasteiger partial charge in [-0.25, -0.2) is 5.84 Å². The highest BCUT2D eigenvalue weighted by molar-refractivity contribution is 5.94. The standard InChI is InChI=1S/C12H12N4O3/c1-7-2-4-8(5-3-7)16-10(18)6-9(17)11(15-16)12(19)14-13/h2-6,17H,13H2,1H3,(H,14,19). The smallest absolute Gasteiger partial charge is 0.289 e. The fourth-order valence-electron chi connectivity index (χ4n) is 1.55. The van der Waals surface area contributed by atoms with Crippen LogP contribution in [0.15, 0.2) is 35.1 Å². The summed E-state index contributed by atoms with van der Waals surface area (Å²) in [5.74, 6) is 3.68. The van der Waals surface area contributed by atoms with Crippen LogP contribution in [0.4, 0.5) is 0 Å². The summed E-state index contributed by atoms with van der Waals surface area (Å²) in [4.78, 5) is 23.2. The molecule has 7 nitrogen and oxygen atoms in total. The van der Waals surface area contributed by atoms with Gasteiger partial charge in [-0.05, 0) is 19.1 Å². The number of carbonyl (C=O) groups excluding carboxylic acids is 1. The average molecular weight is 260 g/mol. The molecular formula is C12H12N4O3. The maximum Gasteiger partial charge on any atom is 0.289 e. The molecule has 4 N–H and O–H groups in total. The van der Waals surface area contributed by atoms with E-state index in [2.05, 4.69) is 5.10 Å². The second-order valence-corrected chi connectivity index (χ2v) is 3.94. The summed E-state index contributed by atoms with van der Waals surface area (Å²) in [7, 11) is 0. The van der Waals surface area contributed by atoms with E-state index in [0.717, 1.165) is 16.3 Å². The number of hydrogen-bond acceptors (Lipinski definition) is 5. The molecule has 0 fully saturated rings. The number of benzene rings is 1. The van der Waals surface area contributed by atoms with Gasteiger partial charge in [-0.15, -0.1) is 0 Å². The molecule has 0 spiro atoms. The Kier molecular flexibility index (Phi) is 3.30. The van der Waals surface area contributed by atoms with Crippen molar-refractivity contribution in [3.63, 3.8) is 0 Å². The molecule has 1 heterocycles. The number of hydrogen-bond donors (Lipinski definition) is 3. The number of aromatic hydroxyl groups is 1. The third-order valence-corrected chi connectivity index (χ3v) is 2.54. The molecule has 0 bridgehead atoms. The summed E-state index contributed by atoms with van der Waals surface area (Å²) in [6.07, 6.45) is 0. The maximum atomic E-state index is 11.8. The zero-order chi connectivity index (χ0) is 14.0. The van der Waals surface area contributed by atoms with E-state index in [4.69, 9.17) is 5.84 Å². The molecule has 2 rings (SSSR count). The first-order chi connectivity index (χ1) is 9.02. The monoisotopic (exact) mass is 260 g/mol. The number of nitrogens with two attached hydrogens (primary N) is 1. The molecule has 1 amide bonds. The Hall–Kier alpha value is -2.67. The molecule has 0 radical (unpaired) electrons. The number of carbonyl (C=O) groups is 1. The lowest BCUT2D eigenvalue weighted by Crippen LogP contribution is -2.33. The predicted molar refractivity (Wildman–Crippen MR) is 67.9 cm³/mol. The highest BCUT2D eigenvalue weighted by Gasteiger charge is 2.15. The highest BCUT2D eigenvalue weighted by atomic mass is 16.3. The summed E-state index contributed by atoms with van der Waals surface area (Å²) in [5, 5.41) is 13.3. The first-order valence-corrected chi connectivity index (χ1v) is 5.44. The van der Waals surface area contributed by atoms with Gasteiger partial charge in [-0.3, -0.25) is 15.0 Å². The summed E-state index contributed by atoms with van der Waals surface area (Å²) in [6, 6.07) is 7.89. The van der Waals surface area contributed by atoms with Crippen LogP contribution in [-0.2, 0) is 0 Å². The first kappa shape index (κ1) is 12.8. The molecule has 2 aromatic rings. The summed E-state index contributed by atoms with van der Waals surface area (Å²) in [6.45, 7) is 1.91. The quantitative estimate of drug-likeness (QED) is 0.395. The lowest BCUT2D eigenvalue weighted by atomic mass is 10.2. The van der Waals surface area contributed by atoms with Gasteiger partial charge in [0.05, 0.1) is 5.69 Å². The minimum absolute atomic E-state index is 0.317. The highest BCUT2D eigenvalue weighted by Crippen LogP contribution is 2.12. The molecular weight excluding hydrogens is 248 g/mol. The number of aryl methyl sites for hydroxylation is 1. The van der Waals surface area contributed by atoms with Crippen molar-refractivity contribution in [1.82, 2.24) is 15.2 Å². The largest absolute Gasteiger partial charge is 0.505 e. The van der Waals surface area contributed by atoms with Gasteiger partial charge in [-0.1, -0.05) is 17.7 Å². The Bertz CT molecular complexity index is 676. The Labute approximate surface area is 108 Å². The van der Waals surface area contributed by atoms with Crippen LogP contribution in [0.5, 0.6) is 5.75 Å². The summed E-state index contributed by atoms with van der Waals surface area (Å²) in [5.41, 5.74) is 2.50. The van der Waals surface area contributed by atoms with Gasteiger partial charge in [0, 0.05) is 6.07 Å². The van der Waals surface area contributed by atoms with Gasteiger partial charge in [0.15, 0.2) is 11.4 Å². The van der Waals surface area contributed by atoms with Crippen LogP contribution in [0.1, 0.15) is 16.1 Å². The first-order valence-electron chi connectivity index (χ1n) is 5.44. The van der Waals surface area contributed by atoms with Crippen LogP contribution in [0, 0.1) is 6.92 Å². The number of nitrogens with zero attached hydrogens (tertiary/aromatic N) is 2. The number of amides is 1. The number of nitrogens with one attached hydrogen (secondary N) is 1. The number of nitrogen functional groups attached to an aromatic ring is 1. The molecule has 0 unspecified atom stereocenters. The Morgan fingerprint density at radius 3 is 2.58 bits per heavy atom. The number of aromatic nitrogens is 2. The topological polar surface area (TPSA) is 110 Å². The number of hydrazine groups is 1. The van der Waals surface area contributed by atoms with E-state index in [1.165, 1.54) is 0 Å². The van der Waals surface area contributed by atoms with Crippen molar-refractivity contribution < 1.29 is 9.90 Å². The molecule has 98 valence electrons. The molecule has 0 aliphatic rings. The third-order valence-electron chi connectivity index (χ3n) is 2.54. The molecule has 0 atom stereocenters. The summed E-state index contributed by atoms with van der Waals surface area (Å²) >= 11 is 0. The summed E-state index contributed by atoms with van der Waals surface area (Å²) < 4.78 is 1.02. The maximum absolute atomic E-state index is 11.8. The Balaban J connectivity index is 2.60. The molecule has 0 aliphatic heterocycles. The second kappa shape index (κ2) is 4.91. The van der Waals surface area contributed by atoms with E-state index < -0.39 is 17.2 Å². The number of rotatable bonds is 2. The van der Waals surface area contributed by atoms with E-state index in [0.29, 0.717) is 5.69 Å². The van der Waals surface area contributed by atoms with Crippen LogP contribution in [-0.4, -0.2) is 20.8 Å². The van der Waals surface area contributed by atoms with Gasteiger partial charge in [-0.2, -0.15) is 9.78 Å². The van der Waals surface area contributed by atoms with Crippen molar-refractivity contribution in [2.75, 3.05) is 0 Å². The fraction of sp³-hybridized carbons (Fsp3) is 0.0833. The van der Waals surface area contributed by atoms with Crippen LogP contribution < -0.4 is 16.8 Å². The minimum atomic E-state index is -0.779. The zero-order valence-corrected chi connectivity index (χ0v) is 10.1. The molecule has 19 heavy (non-hydrogen) atoms. The van der Waals surface area contributed by atoms with E-state index >= 15 is 0 Å². The normalized spacial score (nSPS) is 10.2. The van der Waals surface area contributed by atoms with Crippen molar-refractivity contribution in [1.29, 1.82) is 0 Å². The molecule has 1 aromatic carbocycles. The minimum Gasteiger partial charge on any atom is -0.505 e. The van der Waals surface area contributed by atoms with Gasteiger partial charge >= 0.3 is 0 Å². The van der Waals surface area contributed by atoms with E-state index in [1.54, 1.807) is 24.3 Å². The van der Waals surface area contributed by atoms with Crippen molar-refractivity contribution >= 4 is 5.91 Å². The molecule has 7 heteroatoms. The van der Waals surface area contributed by atoms with Gasteiger partial charge in [0.25, 0.3) is 11.5 Å². The van der Waals surface area contributed by atoms with Crippen LogP contribution in [0.2, 0.25) is 0 Å². The van der Waals surface area contributed by atoms with E-state index in [1.807, 2.05) is 12.3 Å². The van der Waals surface area contributed by atoms with Crippen molar-refractivity contribution in [2.45, 2.75) is 6.92 Å². The van der Waals surface area contributed by atoms with E-state index in [-0.39, 0.29) is 5.69 Å².